The highest BCUT2D eigenvalue weighted by molar-refractivity contribution is 7.71. The highest BCUT2D eigenvalue weighted by Gasteiger charge is 2.09. The summed E-state index contributed by atoms with van der Waals surface area (Å²) in [6, 6.07) is 7.51. The maximum Gasteiger partial charge on any atom is 0.263 e. The van der Waals surface area contributed by atoms with E-state index in [1.807, 2.05) is 31.2 Å². The zero-order valence-corrected chi connectivity index (χ0v) is 11.8. The molecule has 3 heterocycles. The number of H-pyrrole nitrogens is 1. The molecular weight excluding hydrogens is 278 g/mol. The van der Waals surface area contributed by atoms with E-state index in [1.165, 1.54) is 0 Å². The van der Waals surface area contributed by atoms with Crippen LogP contribution in [0.4, 0.5) is 0 Å². The maximum absolute atomic E-state index is 12.4. The van der Waals surface area contributed by atoms with Gasteiger partial charge in [0.25, 0.3) is 5.56 Å². The van der Waals surface area contributed by atoms with E-state index >= 15 is 0 Å². The van der Waals surface area contributed by atoms with Gasteiger partial charge < -0.3 is 4.98 Å². The summed E-state index contributed by atoms with van der Waals surface area (Å²) in [4.78, 5) is 21.7. The third kappa shape index (κ3) is 2.24. The standard InChI is InChI=1S/C13H11N3OS2/c1-8-6-10-11(19-8)15-13(18)16(12(10)17)7-9-4-2-3-5-14-9/h2-6H,7H2,1H3,(H,15,18). The molecule has 19 heavy (non-hydrogen) atoms. The zero-order chi connectivity index (χ0) is 13.4. The minimum Gasteiger partial charge on any atom is -0.323 e. The second kappa shape index (κ2) is 4.71. The predicted molar refractivity (Wildman–Crippen MR) is 79.3 cm³/mol. The largest absolute Gasteiger partial charge is 0.323 e. The van der Waals surface area contributed by atoms with Crippen LogP contribution in [-0.2, 0) is 6.54 Å². The van der Waals surface area contributed by atoms with Gasteiger partial charge >= 0.3 is 0 Å². The lowest BCUT2D eigenvalue weighted by molar-refractivity contribution is 0.718. The van der Waals surface area contributed by atoms with E-state index in [0.29, 0.717) is 16.7 Å². The average molecular weight is 289 g/mol. The zero-order valence-electron chi connectivity index (χ0n) is 10.2. The second-order valence-corrected chi connectivity index (χ2v) is 5.89. The Hall–Kier alpha value is -1.79. The molecule has 0 aliphatic heterocycles. The van der Waals surface area contributed by atoms with Crippen molar-refractivity contribution in [2.24, 2.45) is 0 Å². The molecule has 1 N–H and O–H groups in total. The fraction of sp³-hybridized carbons (Fsp3) is 0.154. The van der Waals surface area contributed by atoms with Crippen LogP contribution in [0.15, 0.2) is 35.3 Å². The van der Waals surface area contributed by atoms with Crippen LogP contribution < -0.4 is 5.56 Å². The van der Waals surface area contributed by atoms with E-state index in [4.69, 9.17) is 12.2 Å². The van der Waals surface area contributed by atoms with E-state index in [9.17, 15) is 4.79 Å². The Morgan fingerprint density at radius 3 is 3.05 bits per heavy atom. The highest BCUT2D eigenvalue weighted by Crippen LogP contribution is 2.19. The molecular formula is C13H11N3OS2. The summed E-state index contributed by atoms with van der Waals surface area (Å²) in [5.41, 5.74) is 0.754. The van der Waals surface area contributed by atoms with Crippen LogP contribution in [0.25, 0.3) is 10.2 Å². The number of nitrogens with one attached hydrogen (secondary N) is 1. The van der Waals surface area contributed by atoms with Gasteiger partial charge in [-0.3, -0.25) is 14.3 Å². The summed E-state index contributed by atoms with van der Waals surface area (Å²) in [6.07, 6.45) is 1.71. The van der Waals surface area contributed by atoms with Gasteiger partial charge in [-0.15, -0.1) is 11.3 Å². The van der Waals surface area contributed by atoms with Crippen molar-refractivity contribution in [1.29, 1.82) is 0 Å². The monoisotopic (exact) mass is 289 g/mol. The Morgan fingerprint density at radius 2 is 2.32 bits per heavy atom. The third-order valence-electron chi connectivity index (χ3n) is 2.84. The lowest BCUT2D eigenvalue weighted by Crippen LogP contribution is -2.22. The highest BCUT2D eigenvalue weighted by atomic mass is 32.1. The summed E-state index contributed by atoms with van der Waals surface area (Å²) < 4.78 is 1.98. The van der Waals surface area contributed by atoms with Gasteiger partial charge in [0.2, 0.25) is 0 Å². The third-order valence-corrected chi connectivity index (χ3v) is 4.13. The predicted octanol–water partition coefficient (Wildman–Crippen LogP) is 2.87. The summed E-state index contributed by atoms with van der Waals surface area (Å²) >= 11 is 6.81. The summed E-state index contributed by atoms with van der Waals surface area (Å²) in [6.45, 7) is 2.37. The van der Waals surface area contributed by atoms with Gasteiger partial charge in [0.15, 0.2) is 4.77 Å². The van der Waals surface area contributed by atoms with E-state index in [-0.39, 0.29) is 5.56 Å². The first-order chi connectivity index (χ1) is 9.15. The normalized spacial score (nSPS) is 11.0. The second-order valence-electron chi connectivity index (χ2n) is 4.24. The van der Waals surface area contributed by atoms with Crippen LogP contribution in [0.5, 0.6) is 0 Å². The fourth-order valence-electron chi connectivity index (χ4n) is 1.97. The van der Waals surface area contributed by atoms with E-state index < -0.39 is 0 Å². The van der Waals surface area contributed by atoms with Gasteiger partial charge in [-0.05, 0) is 37.3 Å². The van der Waals surface area contributed by atoms with Crippen molar-refractivity contribution in [2.75, 3.05) is 0 Å². The van der Waals surface area contributed by atoms with E-state index in [0.717, 1.165) is 15.4 Å². The Bertz CT molecular complexity index is 846. The van der Waals surface area contributed by atoms with Gasteiger partial charge in [-0.2, -0.15) is 0 Å². The van der Waals surface area contributed by atoms with E-state index in [2.05, 4.69) is 9.97 Å². The molecule has 96 valence electrons. The van der Waals surface area contributed by atoms with Crippen LogP contribution >= 0.6 is 23.6 Å². The molecule has 0 aliphatic rings. The first-order valence-corrected chi connectivity index (χ1v) is 7.01. The number of aromatic nitrogens is 3. The molecule has 0 unspecified atom stereocenters. The molecule has 0 aromatic carbocycles. The molecule has 0 bridgehead atoms. The minimum absolute atomic E-state index is 0.0613. The van der Waals surface area contributed by atoms with Crippen molar-refractivity contribution >= 4 is 33.8 Å². The summed E-state index contributed by atoms with van der Waals surface area (Å²) in [5, 5.41) is 0.687. The lowest BCUT2D eigenvalue weighted by Gasteiger charge is -2.05. The van der Waals surface area contributed by atoms with Gasteiger partial charge in [0.05, 0.1) is 17.6 Å². The molecule has 3 aromatic rings. The quantitative estimate of drug-likeness (QED) is 0.738. The van der Waals surface area contributed by atoms with Gasteiger partial charge in [-0.1, -0.05) is 6.07 Å². The van der Waals surface area contributed by atoms with Gasteiger partial charge in [-0.25, -0.2) is 0 Å². The Labute approximate surface area is 118 Å². The number of thiophene rings is 1. The molecule has 6 heteroatoms. The van der Waals surface area contributed by atoms with Crippen molar-refractivity contribution in [3.05, 3.63) is 56.2 Å². The molecule has 0 atom stereocenters. The number of hydrogen-bond acceptors (Lipinski definition) is 4. The molecule has 0 aliphatic carbocycles. The smallest absolute Gasteiger partial charge is 0.263 e. The SMILES string of the molecule is Cc1cc2c(=O)n(Cc3ccccn3)c(=S)[nH]c2s1. The average Bonchev–Trinajstić information content (AvgIpc) is 2.76. The van der Waals surface area contributed by atoms with Crippen LogP contribution in [0.1, 0.15) is 10.6 Å². The molecule has 4 nitrogen and oxygen atoms in total. The van der Waals surface area contributed by atoms with Crippen LogP contribution in [0.3, 0.4) is 0 Å². The number of rotatable bonds is 2. The first-order valence-electron chi connectivity index (χ1n) is 5.78. The summed E-state index contributed by atoms with van der Waals surface area (Å²) in [7, 11) is 0. The Kier molecular flexibility index (Phi) is 3.04. The molecule has 0 radical (unpaired) electrons. The van der Waals surface area contributed by atoms with Gasteiger partial charge in [0, 0.05) is 11.1 Å². The molecule has 0 fully saturated rings. The van der Waals surface area contributed by atoms with Crippen molar-refractivity contribution < 1.29 is 0 Å². The fourth-order valence-corrected chi connectivity index (χ4v) is 3.18. The van der Waals surface area contributed by atoms with Crippen LogP contribution in [0.2, 0.25) is 0 Å². The molecule has 3 aromatic heterocycles. The Balaban J connectivity index is 2.19. The topological polar surface area (TPSA) is 50.7 Å². The van der Waals surface area contributed by atoms with Crippen molar-refractivity contribution in [1.82, 2.24) is 14.5 Å². The first kappa shape index (κ1) is 12.3. The molecule has 0 saturated carbocycles. The molecule has 0 amide bonds. The minimum atomic E-state index is -0.0613. The number of pyridine rings is 1. The molecule has 0 saturated heterocycles. The number of nitrogens with zero attached hydrogens (tertiary/aromatic N) is 2. The van der Waals surface area contributed by atoms with Crippen molar-refractivity contribution in [3.63, 3.8) is 0 Å². The van der Waals surface area contributed by atoms with Crippen molar-refractivity contribution in [3.8, 4) is 0 Å². The van der Waals surface area contributed by atoms with Gasteiger partial charge in [0.1, 0.15) is 4.83 Å². The number of hydrogen-bond donors (Lipinski definition) is 1. The van der Waals surface area contributed by atoms with E-state index in [1.54, 1.807) is 22.1 Å². The lowest BCUT2D eigenvalue weighted by atomic mass is 10.3. The van der Waals surface area contributed by atoms with Crippen LogP contribution in [0, 0.1) is 11.7 Å². The molecule has 3 rings (SSSR count). The summed E-state index contributed by atoms with van der Waals surface area (Å²) in [5.74, 6) is 0. The maximum atomic E-state index is 12.4. The number of aryl methyl sites for hydroxylation is 1. The van der Waals surface area contributed by atoms with Crippen LogP contribution in [-0.4, -0.2) is 14.5 Å². The molecule has 0 spiro atoms. The Morgan fingerprint density at radius 1 is 1.47 bits per heavy atom. The van der Waals surface area contributed by atoms with Crippen molar-refractivity contribution in [2.45, 2.75) is 13.5 Å². The number of aromatic amines is 1. The number of fused-ring (bicyclic) bond motifs is 1.